The number of hydrogen-bond donors (Lipinski definition) is 1. The summed E-state index contributed by atoms with van der Waals surface area (Å²) < 4.78 is 5.29. The van der Waals surface area contributed by atoms with E-state index in [4.69, 9.17) is 4.74 Å². The van der Waals surface area contributed by atoms with Crippen LogP contribution >= 0.6 is 0 Å². The predicted molar refractivity (Wildman–Crippen MR) is 60.6 cm³/mol. The van der Waals surface area contributed by atoms with Crippen LogP contribution in [-0.2, 0) is 9.53 Å². The summed E-state index contributed by atoms with van der Waals surface area (Å²) >= 11 is 0. The molecule has 3 nitrogen and oxygen atoms in total. The summed E-state index contributed by atoms with van der Waals surface area (Å²) in [5, 5.41) is 3.10. The van der Waals surface area contributed by atoms with Gasteiger partial charge >= 0.3 is 0 Å². The Morgan fingerprint density at radius 1 is 1.27 bits per heavy atom. The van der Waals surface area contributed by atoms with Crippen molar-refractivity contribution in [3.63, 3.8) is 0 Å². The fourth-order valence-electron chi connectivity index (χ4n) is 1.60. The first kappa shape index (κ1) is 12.5. The minimum absolute atomic E-state index is 0.187. The average molecular weight is 213 g/mol. The van der Waals surface area contributed by atoms with Gasteiger partial charge in [0, 0.05) is 19.3 Å². The first-order chi connectivity index (χ1) is 6.96. The summed E-state index contributed by atoms with van der Waals surface area (Å²) in [5.74, 6) is 0.671. The van der Waals surface area contributed by atoms with Crippen molar-refractivity contribution in [3.8, 4) is 0 Å². The average Bonchev–Trinajstić information content (AvgIpc) is 2.18. The van der Waals surface area contributed by atoms with Gasteiger partial charge in [0.05, 0.1) is 5.41 Å². The van der Waals surface area contributed by atoms with Crippen LogP contribution in [0, 0.1) is 11.3 Å². The second kappa shape index (κ2) is 4.97. The third-order valence-corrected chi connectivity index (χ3v) is 3.50. The van der Waals surface area contributed by atoms with Gasteiger partial charge in [0.2, 0.25) is 5.91 Å². The molecule has 3 heteroatoms. The van der Waals surface area contributed by atoms with Gasteiger partial charge in [-0.15, -0.1) is 0 Å². The van der Waals surface area contributed by atoms with Crippen molar-refractivity contribution >= 4 is 5.91 Å². The van der Waals surface area contributed by atoms with Crippen LogP contribution in [0.15, 0.2) is 0 Å². The molecule has 88 valence electrons. The van der Waals surface area contributed by atoms with Gasteiger partial charge < -0.3 is 10.1 Å². The maximum atomic E-state index is 12.1. The Morgan fingerprint density at radius 2 is 1.80 bits per heavy atom. The SMILES string of the molecule is CC(C)[C@@H](C)NC(=O)C1(C)CCOCC1. The normalized spacial score (nSPS) is 22.5. The monoisotopic (exact) mass is 213 g/mol. The molecule has 0 bridgehead atoms. The summed E-state index contributed by atoms with van der Waals surface area (Å²) in [6, 6.07) is 0.247. The molecule has 1 aliphatic rings. The quantitative estimate of drug-likeness (QED) is 0.778. The number of rotatable bonds is 3. The molecule has 0 aromatic carbocycles. The van der Waals surface area contributed by atoms with Crippen molar-refractivity contribution < 1.29 is 9.53 Å². The van der Waals surface area contributed by atoms with Crippen LogP contribution in [0.5, 0.6) is 0 Å². The van der Waals surface area contributed by atoms with E-state index < -0.39 is 0 Å². The van der Waals surface area contributed by atoms with Crippen molar-refractivity contribution in [2.45, 2.75) is 46.6 Å². The van der Waals surface area contributed by atoms with Crippen molar-refractivity contribution in [2.24, 2.45) is 11.3 Å². The molecule has 0 radical (unpaired) electrons. The number of hydrogen-bond acceptors (Lipinski definition) is 2. The van der Waals surface area contributed by atoms with Gasteiger partial charge in [-0.05, 0) is 25.7 Å². The molecule has 0 saturated carbocycles. The van der Waals surface area contributed by atoms with E-state index in [1.807, 2.05) is 6.92 Å². The standard InChI is InChI=1S/C12H23NO2/c1-9(2)10(3)13-11(14)12(4)5-7-15-8-6-12/h9-10H,5-8H2,1-4H3,(H,13,14)/t10-/m1/s1. The largest absolute Gasteiger partial charge is 0.381 e. The molecular formula is C12H23NO2. The van der Waals surface area contributed by atoms with Gasteiger partial charge in [0.25, 0.3) is 0 Å². The van der Waals surface area contributed by atoms with Gasteiger partial charge in [0.15, 0.2) is 0 Å². The molecule has 1 fully saturated rings. The minimum atomic E-state index is -0.221. The third kappa shape index (κ3) is 3.20. The zero-order valence-corrected chi connectivity index (χ0v) is 10.3. The summed E-state index contributed by atoms with van der Waals surface area (Å²) in [6.45, 7) is 9.76. The van der Waals surface area contributed by atoms with E-state index in [0.29, 0.717) is 19.1 Å². The van der Waals surface area contributed by atoms with E-state index in [1.54, 1.807) is 0 Å². The molecule has 15 heavy (non-hydrogen) atoms. The molecule has 0 spiro atoms. The number of carbonyl (C=O) groups is 1. The Morgan fingerprint density at radius 3 is 2.27 bits per heavy atom. The van der Waals surface area contributed by atoms with Gasteiger partial charge in [-0.1, -0.05) is 20.8 Å². The topological polar surface area (TPSA) is 38.3 Å². The number of carbonyl (C=O) groups excluding carboxylic acids is 1. The van der Waals surface area contributed by atoms with Gasteiger partial charge in [0.1, 0.15) is 0 Å². The van der Waals surface area contributed by atoms with E-state index in [2.05, 4.69) is 26.1 Å². The Hall–Kier alpha value is -0.570. The van der Waals surface area contributed by atoms with Crippen LogP contribution in [0.25, 0.3) is 0 Å². The van der Waals surface area contributed by atoms with Gasteiger partial charge in [-0.2, -0.15) is 0 Å². The maximum absolute atomic E-state index is 12.1. The molecule has 0 aliphatic carbocycles. The van der Waals surface area contributed by atoms with Crippen LogP contribution in [0.4, 0.5) is 0 Å². The summed E-state index contributed by atoms with van der Waals surface area (Å²) in [6.07, 6.45) is 1.67. The zero-order valence-electron chi connectivity index (χ0n) is 10.3. The van der Waals surface area contributed by atoms with Crippen LogP contribution < -0.4 is 5.32 Å². The van der Waals surface area contributed by atoms with E-state index in [9.17, 15) is 4.79 Å². The van der Waals surface area contributed by atoms with Crippen molar-refractivity contribution in [3.05, 3.63) is 0 Å². The van der Waals surface area contributed by atoms with E-state index in [1.165, 1.54) is 0 Å². The Bertz CT molecular complexity index is 220. The highest BCUT2D eigenvalue weighted by atomic mass is 16.5. The molecule has 1 amide bonds. The lowest BCUT2D eigenvalue weighted by molar-refractivity contribution is -0.136. The molecule has 0 unspecified atom stereocenters. The Kier molecular flexibility index (Phi) is 4.14. The smallest absolute Gasteiger partial charge is 0.226 e. The minimum Gasteiger partial charge on any atom is -0.381 e. The molecule has 0 aromatic rings. The second-order valence-electron chi connectivity index (χ2n) is 5.18. The number of amides is 1. The highest BCUT2D eigenvalue weighted by Crippen LogP contribution is 2.30. The molecular weight excluding hydrogens is 190 g/mol. The molecule has 1 heterocycles. The van der Waals surface area contributed by atoms with Crippen LogP contribution in [0.2, 0.25) is 0 Å². The fourth-order valence-corrected chi connectivity index (χ4v) is 1.60. The zero-order chi connectivity index (χ0) is 11.5. The third-order valence-electron chi connectivity index (χ3n) is 3.50. The van der Waals surface area contributed by atoms with E-state index in [-0.39, 0.29) is 17.4 Å². The second-order valence-corrected chi connectivity index (χ2v) is 5.18. The molecule has 0 aromatic heterocycles. The first-order valence-electron chi connectivity index (χ1n) is 5.84. The first-order valence-corrected chi connectivity index (χ1v) is 5.84. The molecule has 1 saturated heterocycles. The van der Waals surface area contributed by atoms with Crippen molar-refractivity contribution in [2.75, 3.05) is 13.2 Å². The highest BCUT2D eigenvalue weighted by molar-refractivity contribution is 5.82. The highest BCUT2D eigenvalue weighted by Gasteiger charge is 2.35. The lowest BCUT2D eigenvalue weighted by atomic mass is 9.81. The predicted octanol–water partition coefficient (Wildman–Crippen LogP) is 1.96. The van der Waals surface area contributed by atoms with E-state index in [0.717, 1.165) is 12.8 Å². The summed E-state index contributed by atoms with van der Waals surface area (Å²) in [4.78, 5) is 12.1. The summed E-state index contributed by atoms with van der Waals surface area (Å²) in [5.41, 5.74) is -0.221. The van der Waals surface area contributed by atoms with Crippen molar-refractivity contribution in [1.82, 2.24) is 5.32 Å². The van der Waals surface area contributed by atoms with Crippen LogP contribution in [-0.4, -0.2) is 25.2 Å². The van der Waals surface area contributed by atoms with Gasteiger partial charge in [-0.3, -0.25) is 4.79 Å². The van der Waals surface area contributed by atoms with Crippen molar-refractivity contribution in [1.29, 1.82) is 0 Å². The molecule has 1 aliphatic heterocycles. The van der Waals surface area contributed by atoms with Crippen LogP contribution in [0.3, 0.4) is 0 Å². The maximum Gasteiger partial charge on any atom is 0.226 e. The Labute approximate surface area is 92.6 Å². The van der Waals surface area contributed by atoms with Crippen LogP contribution in [0.1, 0.15) is 40.5 Å². The fraction of sp³-hybridized carbons (Fsp3) is 0.917. The Balaban J connectivity index is 2.51. The molecule has 1 N–H and O–H groups in total. The number of nitrogens with one attached hydrogen (secondary N) is 1. The number of ether oxygens (including phenoxy) is 1. The van der Waals surface area contributed by atoms with Gasteiger partial charge in [-0.25, -0.2) is 0 Å². The lowest BCUT2D eigenvalue weighted by Gasteiger charge is -2.33. The summed E-state index contributed by atoms with van der Waals surface area (Å²) in [7, 11) is 0. The molecule has 1 atom stereocenters. The lowest BCUT2D eigenvalue weighted by Crippen LogP contribution is -2.47. The van der Waals surface area contributed by atoms with E-state index >= 15 is 0 Å². The molecule has 1 rings (SSSR count).